The highest BCUT2D eigenvalue weighted by Gasteiger charge is 2.27. The quantitative estimate of drug-likeness (QED) is 0.695. The summed E-state index contributed by atoms with van der Waals surface area (Å²) in [6, 6.07) is 10.5. The van der Waals surface area contributed by atoms with Gasteiger partial charge in [0, 0.05) is 24.5 Å². The highest BCUT2D eigenvalue weighted by Crippen LogP contribution is 2.38. The largest absolute Gasteiger partial charge is 0.465 e. The minimum Gasteiger partial charge on any atom is -0.465 e. The Balaban J connectivity index is 1.35. The van der Waals surface area contributed by atoms with E-state index in [1.54, 1.807) is 11.3 Å². The Labute approximate surface area is 188 Å². The number of aryl methyl sites for hydroxylation is 1. The highest BCUT2D eigenvalue weighted by molar-refractivity contribution is 7.17. The van der Waals surface area contributed by atoms with Crippen molar-refractivity contribution in [2.75, 3.05) is 45.2 Å². The summed E-state index contributed by atoms with van der Waals surface area (Å²) in [5, 5.41) is 3.68. The van der Waals surface area contributed by atoms with Crippen LogP contribution < -0.4 is 5.32 Å². The van der Waals surface area contributed by atoms with E-state index in [2.05, 4.69) is 39.4 Å². The third kappa shape index (κ3) is 5.53. The first kappa shape index (κ1) is 22.0. The van der Waals surface area contributed by atoms with Gasteiger partial charge in [-0.2, -0.15) is 0 Å². The van der Waals surface area contributed by atoms with Crippen molar-refractivity contribution in [2.24, 2.45) is 0 Å². The number of ether oxygens (including phenoxy) is 1. The van der Waals surface area contributed by atoms with Gasteiger partial charge in [-0.25, -0.2) is 4.79 Å². The van der Waals surface area contributed by atoms with Gasteiger partial charge in [0.25, 0.3) is 0 Å². The van der Waals surface area contributed by atoms with Gasteiger partial charge in [-0.15, -0.1) is 11.3 Å². The van der Waals surface area contributed by atoms with Crippen LogP contribution in [0.4, 0.5) is 5.00 Å². The summed E-state index contributed by atoms with van der Waals surface area (Å²) in [4.78, 5) is 31.1. The van der Waals surface area contributed by atoms with Gasteiger partial charge in [-0.3, -0.25) is 14.6 Å². The van der Waals surface area contributed by atoms with Gasteiger partial charge in [0.2, 0.25) is 5.91 Å². The van der Waals surface area contributed by atoms with Gasteiger partial charge in [-0.05, 0) is 56.3 Å². The van der Waals surface area contributed by atoms with Crippen LogP contribution in [0.3, 0.4) is 0 Å². The van der Waals surface area contributed by atoms with E-state index < -0.39 is 0 Å². The fourth-order valence-corrected chi connectivity index (χ4v) is 5.82. The van der Waals surface area contributed by atoms with E-state index in [-0.39, 0.29) is 11.9 Å². The average molecular weight is 442 g/mol. The second-order valence-electron chi connectivity index (χ2n) is 8.35. The molecule has 0 unspecified atom stereocenters. The van der Waals surface area contributed by atoms with Crippen molar-refractivity contribution in [2.45, 2.75) is 38.6 Å². The van der Waals surface area contributed by atoms with Gasteiger partial charge in [0.05, 0.1) is 19.2 Å². The number of nitrogens with one attached hydrogen (secondary N) is 1. The number of amides is 1. The number of esters is 1. The molecule has 166 valence electrons. The fraction of sp³-hybridized carbons (Fsp3) is 0.500. The summed E-state index contributed by atoms with van der Waals surface area (Å²) < 4.78 is 5.01. The molecule has 1 N–H and O–H groups in total. The molecule has 2 aromatic rings. The standard InChI is InChI=1S/C24H31N3O3S/c1-30-24(29)22-19-10-5-6-11-20(19)31-23(22)25-21(28)17-27-13-7-12-26(14-15-27)16-18-8-3-2-4-9-18/h2-4,8-9H,5-7,10-17H2,1H3,(H,25,28). The van der Waals surface area contributed by atoms with Crippen molar-refractivity contribution in [1.29, 1.82) is 0 Å². The van der Waals surface area contributed by atoms with Gasteiger partial charge in [-0.1, -0.05) is 30.3 Å². The lowest BCUT2D eigenvalue weighted by atomic mass is 9.95. The van der Waals surface area contributed by atoms with E-state index in [0.29, 0.717) is 17.1 Å². The lowest BCUT2D eigenvalue weighted by Crippen LogP contribution is -2.36. The van der Waals surface area contributed by atoms with Crippen LogP contribution in [0.2, 0.25) is 0 Å². The van der Waals surface area contributed by atoms with Crippen LogP contribution in [-0.2, 0) is 28.9 Å². The number of hydrogen-bond acceptors (Lipinski definition) is 6. The number of thiophene rings is 1. The molecular weight excluding hydrogens is 410 g/mol. The molecule has 0 saturated carbocycles. The second kappa shape index (κ2) is 10.4. The SMILES string of the molecule is COC(=O)c1c(NC(=O)CN2CCCN(Cc3ccccc3)CC2)sc2c1CCCC2. The highest BCUT2D eigenvalue weighted by atomic mass is 32.1. The minimum absolute atomic E-state index is 0.0553. The second-order valence-corrected chi connectivity index (χ2v) is 9.45. The number of methoxy groups -OCH3 is 1. The first-order chi connectivity index (χ1) is 15.1. The van der Waals surface area contributed by atoms with E-state index in [4.69, 9.17) is 4.74 Å². The Kier molecular flexibility index (Phi) is 7.37. The Morgan fingerprint density at radius 3 is 2.55 bits per heavy atom. The Hall–Kier alpha value is -2.22. The molecule has 7 heteroatoms. The van der Waals surface area contributed by atoms with E-state index in [9.17, 15) is 9.59 Å². The van der Waals surface area contributed by atoms with Crippen LogP contribution in [0.15, 0.2) is 30.3 Å². The molecule has 31 heavy (non-hydrogen) atoms. The van der Waals surface area contributed by atoms with Crippen molar-refractivity contribution >= 4 is 28.2 Å². The molecule has 4 rings (SSSR count). The van der Waals surface area contributed by atoms with Crippen LogP contribution >= 0.6 is 11.3 Å². The molecule has 1 aromatic carbocycles. The Bertz CT molecular complexity index is 912. The summed E-state index contributed by atoms with van der Waals surface area (Å²) >= 11 is 1.54. The van der Waals surface area contributed by atoms with Gasteiger partial charge >= 0.3 is 5.97 Å². The van der Waals surface area contributed by atoms with Crippen molar-refractivity contribution < 1.29 is 14.3 Å². The molecule has 1 fully saturated rings. The molecule has 1 saturated heterocycles. The van der Waals surface area contributed by atoms with Crippen LogP contribution in [0.5, 0.6) is 0 Å². The minimum atomic E-state index is -0.346. The van der Waals surface area contributed by atoms with Crippen molar-refractivity contribution in [3.8, 4) is 0 Å². The smallest absolute Gasteiger partial charge is 0.341 e. The van der Waals surface area contributed by atoms with Crippen LogP contribution in [0.1, 0.15) is 45.6 Å². The normalized spacial score (nSPS) is 17.6. The van der Waals surface area contributed by atoms with Crippen LogP contribution in [0.25, 0.3) is 0 Å². The predicted molar refractivity (Wildman–Crippen MR) is 124 cm³/mol. The van der Waals surface area contributed by atoms with E-state index >= 15 is 0 Å². The molecule has 1 aliphatic heterocycles. The number of benzene rings is 1. The number of carbonyl (C=O) groups excluding carboxylic acids is 2. The topological polar surface area (TPSA) is 61.9 Å². The Morgan fingerprint density at radius 1 is 1.00 bits per heavy atom. The van der Waals surface area contributed by atoms with Gasteiger partial charge in [0.1, 0.15) is 5.00 Å². The summed E-state index contributed by atoms with van der Waals surface area (Å²) in [6.45, 7) is 5.06. The first-order valence-corrected chi connectivity index (χ1v) is 12.0. The molecule has 0 radical (unpaired) electrons. The molecule has 1 aromatic heterocycles. The zero-order chi connectivity index (χ0) is 21.6. The summed E-state index contributed by atoms with van der Waals surface area (Å²) in [5.41, 5.74) is 2.97. The fourth-order valence-electron chi connectivity index (χ4n) is 4.52. The maximum absolute atomic E-state index is 12.8. The van der Waals surface area contributed by atoms with Crippen molar-refractivity contribution in [1.82, 2.24) is 9.80 Å². The lowest BCUT2D eigenvalue weighted by Gasteiger charge is -2.21. The number of nitrogens with zero attached hydrogens (tertiary/aromatic N) is 2. The molecule has 6 nitrogen and oxygen atoms in total. The number of hydrogen-bond donors (Lipinski definition) is 1. The molecule has 0 atom stereocenters. The first-order valence-electron chi connectivity index (χ1n) is 11.2. The monoisotopic (exact) mass is 441 g/mol. The summed E-state index contributed by atoms with van der Waals surface area (Å²) in [6.07, 6.45) is 5.11. The molecular formula is C24H31N3O3S. The van der Waals surface area contributed by atoms with E-state index in [1.807, 2.05) is 6.07 Å². The van der Waals surface area contributed by atoms with Gasteiger partial charge in [0.15, 0.2) is 0 Å². The molecule has 0 spiro atoms. The molecule has 1 aliphatic carbocycles. The van der Waals surface area contributed by atoms with Crippen molar-refractivity contribution in [3.05, 3.63) is 51.9 Å². The molecule has 1 amide bonds. The van der Waals surface area contributed by atoms with Crippen molar-refractivity contribution in [3.63, 3.8) is 0 Å². The zero-order valence-electron chi connectivity index (χ0n) is 18.2. The summed E-state index contributed by atoms with van der Waals surface area (Å²) in [5.74, 6) is -0.402. The maximum Gasteiger partial charge on any atom is 0.341 e. The molecule has 0 bridgehead atoms. The number of anilines is 1. The zero-order valence-corrected chi connectivity index (χ0v) is 19.0. The molecule has 2 heterocycles. The number of rotatable bonds is 6. The molecule has 2 aliphatic rings. The van der Waals surface area contributed by atoms with E-state index in [0.717, 1.165) is 70.4 Å². The van der Waals surface area contributed by atoms with Crippen LogP contribution in [0, 0.1) is 0 Å². The van der Waals surface area contributed by atoms with Gasteiger partial charge < -0.3 is 10.1 Å². The number of fused-ring (bicyclic) bond motifs is 1. The third-order valence-electron chi connectivity index (χ3n) is 6.11. The number of carbonyl (C=O) groups is 2. The lowest BCUT2D eigenvalue weighted by molar-refractivity contribution is -0.117. The third-order valence-corrected chi connectivity index (χ3v) is 7.32. The maximum atomic E-state index is 12.8. The summed E-state index contributed by atoms with van der Waals surface area (Å²) in [7, 11) is 1.40. The predicted octanol–water partition coefficient (Wildman–Crippen LogP) is 3.56. The van der Waals surface area contributed by atoms with E-state index in [1.165, 1.54) is 17.6 Å². The average Bonchev–Trinajstić information content (AvgIpc) is 3.00. The Morgan fingerprint density at radius 2 is 1.74 bits per heavy atom. The van der Waals surface area contributed by atoms with Crippen LogP contribution in [-0.4, -0.2) is 61.5 Å².